The van der Waals surface area contributed by atoms with Crippen molar-refractivity contribution in [3.63, 3.8) is 0 Å². The van der Waals surface area contributed by atoms with Crippen molar-refractivity contribution in [2.24, 2.45) is 40.1 Å². The minimum absolute atomic E-state index is 0.0175. The maximum atomic E-state index is 13.2. The summed E-state index contributed by atoms with van der Waals surface area (Å²) in [6.45, 7) is 10.3. The van der Waals surface area contributed by atoms with Gasteiger partial charge in [-0.2, -0.15) is 0 Å². The number of likely N-dealkylation sites (tertiary alicyclic amines) is 1. The first-order valence-corrected chi connectivity index (χ1v) is 10.5. The summed E-state index contributed by atoms with van der Waals surface area (Å²) in [6, 6.07) is -2.34. The van der Waals surface area contributed by atoms with Gasteiger partial charge in [-0.1, -0.05) is 47.5 Å². The molecule has 162 valence electrons. The summed E-state index contributed by atoms with van der Waals surface area (Å²) in [6.07, 6.45) is 2.36. The van der Waals surface area contributed by atoms with E-state index >= 15 is 0 Å². The molecule has 0 bridgehead atoms. The molecular formula is C21H34N4O4. The molecule has 1 aliphatic heterocycles. The Morgan fingerprint density at radius 2 is 1.76 bits per heavy atom. The zero-order valence-electron chi connectivity index (χ0n) is 18.0. The molecule has 0 spiro atoms. The number of hydrogen-bond acceptors (Lipinski definition) is 5. The van der Waals surface area contributed by atoms with E-state index in [9.17, 15) is 19.2 Å². The third-order valence-electron chi connectivity index (χ3n) is 7.10. The van der Waals surface area contributed by atoms with E-state index in [1.54, 1.807) is 4.90 Å². The first-order chi connectivity index (χ1) is 13.3. The topological polar surface area (TPSA) is 136 Å². The third kappa shape index (κ3) is 4.04. The Balaban J connectivity index is 1.79. The van der Waals surface area contributed by atoms with Gasteiger partial charge in [0.15, 0.2) is 0 Å². The van der Waals surface area contributed by atoms with Gasteiger partial charge in [0.1, 0.15) is 6.04 Å². The van der Waals surface area contributed by atoms with Gasteiger partial charge in [-0.05, 0) is 35.0 Å². The summed E-state index contributed by atoms with van der Waals surface area (Å²) in [4.78, 5) is 51.6. The number of Topliss-reactive ketones (excluding diaryl/α,β-unsaturated/α-hetero) is 1. The zero-order chi connectivity index (χ0) is 21.9. The lowest BCUT2D eigenvalue weighted by Gasteiger charge is -2.36. The molecule has 1 saturated heterocycles. The van der Waals surface area contributed by atoms with Gasteiger partial charge < -0.3 is 21.7 Å². The highest BCUT2D eigenvalue weighted by Crippen LogP contribution is 2.65. The van der Waals surface area contributed by atoms with Crippen molar-refractivity contribution in [1.29, 1.82) is 0 Å². The number of nitrogens with two attached hydrogens (primary N) is 2. The lowest BCUT2D eigenvalue weighted by Crippen LogP contribution is -2.59. The van der Waals surface area contributed by atoms with Crippen molar-refractivity contribution in [1.82, 2.24) is 10.2 Å². The molecule has 5 unspecified atom stereocenters. The number of primary amides is 1. The summed E-state index contributed by atoms with van der Waals surface area (Å²) >= 11 is 0. The van der Waals surface area contributed by atoms with Crippen LogP contribution in [0.25, 0.3) is 0 Å². The van der Waals surface area contributed by atoms with Gasteiger partial charge in [0.25, 0.3) is 5.91 Å². The molecule has 2 aliphatic carbocycles. The highest BCUT2D eigenvalue weighted by atomic mass is 16.2. The third-order valence-corrected chi connectivity index (χ3v) is 7.10. The largest absolute Gasteiger partial charge is 0.363 e. The van der Waals surface area contributed by atoms with E-state index < -0.39 is 41.1 Å². The number of nitrogens with zero attached hydrogens (tertiary/aromatic N) is 1. The van der Waals surface area contributed by atoms with E-state index in [-0.39, 0.29) is 23.2 Å². The highest BCUT2D eigenvalue weighted by molar-refractivity contribution is 6.37. The van der Waals surface area contributed by atoms with E-state index in [1.165, 1.54) is 0 Å². The fourth-order valence-electron chi connectivity index (χ4n) is 4.71. The van der Waals surface area contributed by atoms with Gasteiger partial charge in [0.2, 0.25) is 17.6 Å². The molecule has 3 fully saturated rings. The van der Waals surface area contributed by atoms with Crippen LogP contribution in [0.3, 0.4) is 0 Å². The zero-order valence-corrected chi connectivity index (χ0v) is 18.0. The van der Waals surface area contributed by atoms with Crippen molar-refractivity contribution in [2.45, 2.75) is 72.0 Å². The van der Waals surface area contributed by atoms with Crippen molar-refractivity contribution < 1.29 is 19.2 Å². The monoisotopic (exact) mass is 406 g/mol. The Morgan fingerprint density at radius 3 is 2.24 bits per heavy atom. The molecule has 0 radical (unpaired) electrons. The fraction of sp³-hybridized carbons (Fsp3) is 0.810. The minimum atomic E-state index is -1.05. The van der Waals surface area contributed by atoms with Crippen LogP contribution in [0.1, 0.15) is 53.9 Å². The van der Waals surface area contributed by atoms with Crippen LogP contribution in [-0.4, -0.2) is 53.1 Å². The van der Waals surface area contributed by atoms with Gasteiger partial charge >= 0.3 is 0 Å². The molecule has 3 rings (SSSR count). The smallest absolute Gasteiger partial charge is 0.287 e. The number of rotatable bonds is 7. The SMILES string of the molecule is CC(C)(C)C(N)C(=O)N1CC2C(C1C(=O)NC(CC1CC1)C(=O)C(N)=O)C2(C)C. The molecule has 1 heterocycles. The van der Waals surface area contributed by atoms with Crippen molar-refractivity contribution in [3.8, 4) is 0 Å². The van der Waals surface area contributed by atoms with Gasteiger partial charge in [-0.15, -0.1) is 0 Å². The summed E-state index contributed by atoms with van der Waals surface area (Å²) < 4.78 is 0. The van der Waals surface area contributed by atoms with Crippen molar-refractivity contribution >= 4 is 23.5 Å². The Hall–Kier alpha value is -1.96. The Morgan fingerprint density at radius 1 is 1.17 bits per heavy atom. The predicted molar refractivity (Wildman–Crippen MR) is 107 cm³/mol. The number of carbonyl (C=O) groups is 4. The normalized spacial score (nSPS) is 29.6. The molecule has 8 nitrogen and oxygen atoms in total. The summed E-state index contributed by atoms with van der Waals surface area (Å²) in [5, 5.41) is 2.74. The van der Waals surface area contributed by atoms with E-state index in [0.717, 1.165) is 12.8 Å². The predicted octanol–water partition coefficient (Wildman–Crippen LogP) is 0.182. The van der Waals surface area contributed by atoms with Crippen LogP contribution in [0.15, 0.2) is 0 Å². The number of nitrogens with one attached hydrogen (secondary N) is 1. The quantitative estimate of drug-likeness (QED) is 0.518. The standard InChI is InChI=1S/C21H34N4O4/c1-20(2,3)16(22)19(29)25-9-11-13(21(11,4)5)14(25)18(28)24-12(8-10-6-7-10)15(26)17(23)27/h10-14,16H,6-9,22H2,1-5H3,(H2,23,27)(H,24,28). The number of amides is 3. The van der Waals surface area contributed by atoms with E-state index in [1.807, 2.05) is 20.8 Å². The first kappa shape index (κ1) is 21.7. The van der Waals surface area contributed by atoms with Crippen LogP contribution in [0.2, 0.25) is 0 Å². The second-order valence-corrected chi connectivity index (χ2v) is 10.7. The molecule has 0 aromatic rings. The maximum Gasteiger partial charge on any atom is 0.287 e. The first-order valence-electron chi connectivity index (χ1n) is 10.5. The van der Waals surface area contributed by atoms with E-state index in [4.69, 9.17) is 11.5 Å². The number of piperidine rings is 1. The highest BCUT2D eigenvalue weighted by Gasteiger charge is 2.69. The number of fused-ring (bicyclic) bond motifs is 1. The maximum absolute atomic E-state index is 13.2. The molecule has 3 amide bonds. The number of carbonyl (C=O) groups excluding carboxylic acids is 4. The molecule has 8 heteroatoms. The molecule has 29 heavy (non-hydrogen) atoms. The van der Waals surface area contributed by atoms with Crippen molar-refractivity contribution in [2.75, 3.05) is 6.54 Å². The summed E-state index contributed by atoms with van der Waals surface area (Å²) in [5.41, 5.74) is 10.9. The summed E-state index contributed by atoms with van der Waals surface area (Å²) in [5.74, 6) is -1.90. The molecule has 0 aromatic heterocycles. The molecule has 2 saturated carbocycles. The Kier molecular flexibility index (Phi) is 5.30. The van der Waals surface area contributed by atoms with Gasteiger partial charge in [0.05, 0.1) is 12.1 Å². The average molecular weight is 407 g/mol. The van der Waals surface area contributed by atoms with Crippen LogP contribution >= 0.6 is 0 Å². The van der Waals surface area contributed by atoms with Gasteiger partial charge in [0, 0.05) is 6.54 Å². The average Bonchev–Trinajstić information content (AvgIpc) is 3.45. The number of ketones is 1. The van der Waals surface area contributed by atoms with E-state index in [0.29, 0.717) is 18.9 Å². The van der Waals surface area contributed by atoms with Crippen LogP contribution in [-0.2, 0) is 19.2 Å². The lowest BCUT2D eigenvalue weighted by atomic mass is 9.86. The van der Waals surface area contributed by atoms with E-state index in [2.05, 4.69) is 19.2 Å². The van der Waals surface area contributed by atoms with Crippen LogP contribution in [0, 0.1) is 28.6 Å². The second-order valence-electron chi connectivity index (χ2n) is 10.7. The molecule has 5 N–H and O–H groups in total. The molecule has 0 aromatic carbocycles. The van der Waals surface area contributed by atoms with Crippen LogP contribution < -0.4 is 16.8 Å². The Bertz CT molecular complexity index is 737. The van der Waals surface area contributed by atoms with Gasteiger partial charge in [-0.3, -0.25) is 19.2 Å². The number of hydrogen-bond donors (Lipinski definition) is 3. The molecular weight excluding hydrogens is 372 g/mol. The van der Waals surface area contributed by atoms with Crippen LogP contribution in [0.5, 0.6) is 0 Å². The second kappa shape index (κ2) is 7.07. The van der Waals surface area contributed by atoms with Gasteiger partial charge in [-0.25, -0.2) is 0 Å². The fourth-order valence-corrected chi connectivity index (χ4v) is 4.71. The Labute approximate surface area is 172 Å². The minimum Gasteiger partial charge on any atom is -0.363 e. The summed E-state index contributed by atoms with van der Waals surface area (Å²) in [7, 11) is 0. The lowest BCUT2D eigenvalue weighted by molar-refractivity contribution is -0.144. The van der Waals surface area contributed by atoms with Crippen LogP contribution in [0.4, 0.5) is 0 Å². The molecule has 5 atom stereocenters. The molecule has 3 aliphatic rings. The van der Waals surface area contributed by atoms with Crippen molar-refractivity contribution in [3.05, 3.63) is 0 Å².